The number of benzene rings is 2. The number of hydrogen-bond acceptors (Lipinski definition) is 5. The summed E-state index contributed by atoms with van der Waals surface area (Å²) in [6, 6.07) is 13.3. The standard InChI is InChI=1S/C30H25FN4O5/c1-15-24(32-17(3)26(15)35-30(39)27(36)25-5-4-12-40-25)14-22-21-13-19(8-11-23(21)34-29(22)38)28(37)33-16(2)18-6-9-20(31)10-7-18/h4-14,16,32H,1-3H3,(H,33,37)(H,34,38)(H,35,39). The van der Waals surface area contributed by atoms with E-state index in [1.807, 2.05) is 0 Å². The molecule has 40 heavy (non-hydrogen) atoms. The van der Waals surface area contributed by atoms with Crippen molar-refractivity contribution >= 4 is 46.5 Å². The van der Waals surface area contributed by atoms with Crippen molar-refractivity contribution in [3.63, 3.8) is 0 Å². The molecule has 1 aliphatic heterocycles. The van der Waals surface area contributed by atoms with Gasteiger partial charge in [0.05, 0.1) is 23.6 Å². The topological polar surface area (TPSA) is 133 Å². The van der Waals surface area contributed by atoms with Crippen LogP contribution in [0.15, 0.2) is 65.3 Å². The maximum atomic E-state index is 13.3. The van der Waals surface area contributed by atoms with Crippen molar-refractivity contribution in [3.05, 3.63) is 106 Å². The molecule has 1 atom stereocenters. The molecule has 5 rings (SSSR count). The molecule has 0 fully saturated rings. The van der Waals surface area contributed by atoms with Crippen molar-refractivity contribution in [1.29, 1.82) is 0 Å². The fourth-order valence-corrected chi connectivity index (χ4v) is 4.53. The van der Waals surface area contributed by atoms with E-state index in [-0.39, 0.29) is 29.4 Å². The largest absolute Gasteiger partial charge is 0.461 e. The number of rotatable bonds is 7. The van der Waals surface area contributed by atoms with E-state index in [1.54, 1.807) is 57.2 Å². The molecule has 2 aromatic heterocycles. The molecule has 1 unspecified atom stereocenters. The highest BCUT2D eigenvalue weighted by atomic mass is 19.1. The number of hydrogen-bond donors (Lipinski definition) is 4. The minimum atomic E-state index is -0.853. The molecule has 9 nitrogen and oxygen atoms in total. The maximum absolute atomic E-state index is 13.3. The molecular weight excluding hydrogens is 515 g/mol. The zero-order chi connectivity index (χ0) is 28.6. The van der Waals surface area contributed by atoms with Crippen LogP contribution in [0, 0.1) is 19.7 Å². The first-order valence-electron chi connectivity index (χ1n) is 12.4. The minimum absolute atomic E-state index is 0.0724. The van der Waals surface area contributed by atoms with Gasteiger partial charge >= 0.3 is 0 Å². The van der Waals surface area contributed by atoms with Crippen molar-refractivity contribution in [2.24, 2.45) is 0 Å². The number of halogens is 1. The third-order valence-corrected chi connectivity index (χ3v) is 6.74. The monoisotopic (exact) mass is 540 g/mol. The van der Waals surface area contributed by atoms with Crippen LogP contribution in [0.1, 0.15) is 62.0 Å². The number of ketones is 1. The summed E-state index contributed by atoms with van der Waals surface area (Å²) in [6.45, 7) is 5.27. The van der Waals surface area contributed by atoms with Gasteiger partial charge in [-0.05, 0) is 80.4 Å². The molecule has 202 valence electrons. The number of H-pyrrole nitrogens is 1. The Morgan fingerprint density at radius 1 is 1.05 bits per heavy atom. The van der Waals surface area contributed by atoms with E-state index in [0.717, 1.165) is 5.56 Å². The number of fused-ring (bicyclic) bond motifs is 1. The first-order valence-corrected chi connectivity index (χ1v) is 12.4. The Labute approximate surface area is 228 Å². The van der Waals surface area contributed by atoms with E-state index in [1.165, 1.54) is 30.5 Å². The predicted molar refractivity (Wildman–Crippen MR) is 147 cm³/mol. The average molecular weight is 541 g/mol. The lowest BCUT2D eigenvalue weighted by molar-refractivity contribution is -0.112. The van der Waals surface area contributed by atoms with Gasteiger partial charge in [-0.15, -0.1) is 0 Å². The van der Waals surface area contributed by atoms with Gasteiger partial charge in [-0.2, -0.15) is 0 Å². The van der Waals surface area contributed by atoms with Crippen LogP contribution < -0.4 is 16.0 Å². The zero-order valence-electron chi connectivity index (χ0n) is 21.8. The molecule has 3 amide bonds. The summed E-state index contributed by atoms with van der Waals surface area (Å²) in [4.78, 5) is 53.8. The molecule has 3 heterocycles. The van der Waals surface area contributed by atoms with E-state index in [0.29, 0.717) is 45.0 Å². The van der Waals surface area contributed by atoms with Gasteiger partial charge in [-0.1, -0.05) is 12.1 Å². The highest BCUT2D eigenvalue weighted by Gasteiger charge is 2.27. The number of furan rings is 1. The summed E-state index contributed by atoms with van der Waals surface area (Å²) in [5.74, 6) is -2.80. The molecule has 2 aromatic carbocycles. The summed E-state index contributed by atoms with van der Waals surface area (Å²) in [7, 11) is 0. The fourth-order valence-electron chi connectivity index (χ4n) is 4.53. The Hall–Kier alpha value is -5.25. The summed E-state index contributed by atoms with van der Waals surface area (Å²) < 4.78 is 18.3. The summed E-state index contributed by atoms with van der Waals surface area (Å²) in [5.41, 5.74) is 4.69. The molecule has 4 aromatic rings. The predicted octanol–water partition coefficient (Wildman–Crippen LogP) is 5.17. The number of nitrogens with one attached hydrogen (secondary N) is 4. The Bertz CT molecular complexity index is 1680. The lowest BCUT2D eigenvalue weighted by Crippen LogP contribution is -2.26. The molecule has 0 radical (unpaired) electrons. The number of aromatic nitrogens is 1. The second-order valence-corrected chi connectivity index (χ2v) is 9.44. The first-order chi connectivity index (χ1) is 19.1. The molecule has 10 heteroatoms. The van der Waals surface area contributed by atoms with E-state index in [4.69, 9.17) is 4.42 Å². The Kier molecular flexibility index (Phi) is 6.91. The van der Waals surface area contributed by atoms with Crippen LogP contribution >= 0.6 is 0 Å². The van der Waals surface area contributed by atoms with E-state index < -0.39 is 11.7 Å². The maximum Gasteiger partial charge on any atom is 0.300 e. The Morgan fingerprint density at radius 3 is 2.50 bits per heavy atom. The van der Waals surface area contributed by atoms with Crippen LogP contribution in [0.25, 0.3) is 11.6 Å². The van der Waals surface area contributed by atoms with E-state index in [9.17, 15) is 23.6 Å². The number of anilines is 2. The molecule has 1 aliphatic rings. The van der Waals surface area contributed by atoms with Gasteiger partial charge in [0.25, 0.3) is 23.5 Å². The van der Waals surface area contributed by atoms with Gasteiger partial charge in [0, 0.05) is 28.2 Å². The molecule has 0 saturated carbocycles. The Morgan fingerprint density at radius 2 is 1.80 bits per heavy atom. The smallest absolute Gasteiger partial charge is 0.300 e. The first kappa shape index (κ1) is 26.4. The molecule has 0 bridgehead atoms. The average Bonchev–Trinajstić information content (AvgIpc) is 3.64. The van der Waals surface area contributed by atoms with Gasteiger partial charge in [-0.3, -0.25) is 19.2 Å². The molecule has 0 aliphatic carbocycles. The Balaban J connectivity index is 1.39. The second kappa shape index (κ2) is 10.5. The third-order valence-electron chi connectivity index (χ3n) is 6.74. The number of aromatic amines is 1. The normalized spacial score (nSPS) is 14.0. The SMILES string of the molecule is Cc1[nH]c(C=C2C(=O)Nc3ccc(C(=O)NC(C)c4ccc(F)cc4)cc32)c(C)c1NC(=O)C(=O)c1ccco1. The lowest BCUT2D eigenvalue weighted by Gasteiger charge is -2.15. The van der Waals surface area contributed by atoms with Crippen molar-refractivity contribution in [2.45, 2.75) is 26.8 Å². The van der Waals surface area contributed by atoms with Crippen LogP contribution in [0.3, 0.4) is 0 Å². The van der Waals surface area contributed by atoms with Gasteiger partial charge in [0.15, 0.2) is 5.76 Å². The minimum Gasteiger partial charge on any atom is -0.461 e. The van der Waals surface area contributed by atoms with E-state index in [2.05, 4.69) is 20.9 Å². The van der Waals surface area contributed by atoms with Crippen LogP contribution in [-0.2, 0) is 9.59 Å². The molecular formula is C30H25FN4O5. The summed E-state index contributed by atoms with van der Waals surface area (Å²) in [6.07, 6.45) is 2.94. The molecule has 0 saturated heterocycles. The van der Waals surface area contributed by atoms with Gasteiger partial charge in [0.1, 0.15) is 5.82 Å². The highest BCUT2D eigenvalue weighted by molar-refractivity contribution is 6.46. The number of amides is 3. The van der Waals surface area contributed by atoms with Crippen molar-refractivity contribution in [1.82, 2.24) is 10.3 Å². The van der Waals surface area contributed by atoms with Gasteiger partial charge < -0.3 is 25.4 Å². The summed E-state index contributed by atoms with van der Waals surface area (Å²) in [5, 5.41) is 8.30. The number of Topliss-reactive ketones (excluding diaryl/α,β-unsaturated/α-hetero) is 1. The van der Waals surface area contributed by atoms with Crippen LogP contribution in [0.2, 0.25) is 0 Å². The number of carbonyl (C=O) groups is 4. The number of carbonyl (C=O) groups excluding carboxylic acids is 4. The quantitative estimate of drug-likeness (QED) is 0.146. The van der Waals surface area contributed by atoms with Gasteiger partial charge in [-0.25, -0.2) is 4.39 Å². The van der Waals surface area contributed by atoms with Crippen LogP contribution in [-0.4, -0.2) is 28.5 Å². The summed E-state index contributed by atoms with van der Waals surface area (Å²) >= 11 is 0. The van der Waals surface area contributed by atoms with Crippen molar-refractivity contribution in [3.8, 4) is 0 Å². The van der Waals surface area contributed by atoms with Gasteiger partial charge in [0.2, 0.25) is 0 Å². The lowest BCUT2D eigenvalue weighted by atomic mass is 10.0. The third kappa shape index (κ3) is 5.06. The van der Waals surface area contributed by atoms with Crippen molar-refractivity contribution in [2.75, 3.05) is 10.6 Å². The second-order valence-electron chi connectivity index (χ2n) is 9.44. The van der Waals surface area contributed by atoms with E-state index >= 15 is 0 Å². The fraction of sp³-hybridized carbons (Fsp3) is 0.133. The molecule has 4 N–H and O–H groups in total. The zero-order valence-corrected chi connectivity index (χ0v) is 21.8. The van der Waals surface area contributed by atoms with Crippen LogP contribution in [0.4, 0.5) is 15.8 Å². The van der Waals surface area contributed by atoms with Crippen molar-refractivity contribution < 1.29 is 28.0 Å². The highest BCUT2D eigenvalue weighted by Crippen LogP contribution is 2.35. The number of aryl methyl sites for hydroxylation is 1. The molecule has 0 spiro atoms. The van der Waals surface area contributed by atoms with Crippen LogP contribution in [0.5, 0.6) is 0 Å².